The summed E-state index contributed by atoms with van der Waals surface area (Å²) in [5, 5.41) is 1.15. The molecule has 0 amide bonds. The smallest absolute Gasteiger partial charge is 0.171 e. The van der Waals surface area contributed by atoms with Gasteiger partial charge in [-0.1, -0.05) is 13.8 Å². The largest absolute Gasteiger partial charge is 0.397 e. The number of ketones is 1. The summed E-state index contributed by atoms with van der Waals surface area (Å²) in [6, 6.07) is 1.96. The summed E-state index contributed by atoms with van der Waals surface area (Å²) in [5.41, 5.74) is 6.52. The Morgan fingerprint density at radius 3 is 2.50 bits per heavy atom. The molecule has 2 N–H and O–H groups in total. The number of nitrogens with two attached hydrogens (primary N) is 1. The first-order valence-corrected chi connectivity index (χ1v) is 7.46. The lowest BCUT2D eigenvalue weighted by molar-refractivity contribution is 0.102. The van der Waals surface area contributed by atoms with Crippen molar-refractivity contribution in [3.8, 4) is 0 Å². The first-order valence-electron chi connectivity index (χ1n) is 6.64. The van der Waals surface area contributed by atoms with Crippen molar-refractivity contribution in [3.05, 3.63) is 10.9 Å². The first-order chi connectivity index (χ1) is 8.49. The van der Waals surface area contributed by atoms with E-state index in [1.807, 2.05) is 6.07 Å². The van der Waals surface area contributed by atoms with Gasteiger partial charge < -0.3 is 10.6 Å². The molecule has 0 bridgehead atoms. The molecule has 1 aliphatic rings. The summed E-state index contributed by atoms with van der Waals surface area (Å²) in [6.07, 6.45) is 2.48. The molecule has 100 valence electrons. The minimum absolute atomic E-state index is 0.0702. The number of thiophene rings is 1. The molecule has 1 aromatic rings. The molecule has 1 saturated heterocycles. The lowest BCUT2D eigenvalue weighted by atomic mass is 9.87. The van der Waals surface area contributed by atoms with Crippen molar-refractivity contribution in [2.45, 2.75) is 33.6 Å². The highest BCUT2D eigenvalue weighted by Crippen LogP contribution is 2.35. The van der Waals surface area contributed by atoms with Gasteiger partial charge in [0, 0.05) is 20.0 Å². The molecular weight excluding hydrogens is 244 g/mol. The van der Waals surface area contributed by atoms with Gasteiger partial charge in [0.05, 0.1) is 15.6 Å². The average Bonchev–Trinajstić information content (AvgIpc) is 2.71. The number of carbonyl (C=O) groups excluding carboxylic acids is 1. The van der Waals surface area contributed by atoms with E-state index < -0.39 is 0 Å². The SMILES string of the molecule is CC(=O)c1sc(N2CCC(C(C)C)CC2)cc1N. The highest BCUT2D eigenvalue weighted by molar-refractivity contribution is 7.18. The molecule has 0 atom stereocenters. The molecule has 0 radical (unpaired) electrons. The Morgan fingerprint density at radius 1 is 1.44 bits per heavy atom. The van der Waals surface area contributed by atoms with Crippen molar-refractivity contribution >= 4 is 27.8 Å². The maximum absolute atomic E-state index is 11.4. The van der Waals surface area contributed by atoms with E-state index >= 15 is 0 Å². The fraction of sp³-hybridized carbons (Fsp3) is 0.643. The zero-order valence-electron chi connectivity index (χ0n) is 11.4. The Bertz CT molecular complexity index is 431. The number of anilines is 2. The molecule has 0 aromatic carbocycles. The van der Waals surface area contributed by atoms with E-state index in [2.05, 4.69) is 18.7 Å². The maximum Gasteiger partial charge on any atom is 0.171 e. The van der Waals surface area contributed by atoms with Crippen LogP contribution in [0.2, 0.25) is 0 Å². The molecule has 2 rings (SSSR count). The van der Waals surface area contributed by atoms with Gasteiger partial charge >= 0.3 is 0 Å². The Balaban J connectivity index is 2.06. The molecule has 0 saturated carbocycles. The fourth-order valence-electron chi connectivity index (χ4n) is 2.61. The van der Waals surface area contributed by atoms with Crippen molar-refractivity contribution in [2.75, 3.05) is 23.7 Å². The topological polar surface area (TPSA) is 46.3 Å². The van der Waals surface area contributed by atoms with E-state index in [-0.39, 0.29) is 5.78 Å². The minimum Gasteiger partial charge on any atom is -0.397 e. The summed E-state index contributed by atoms with van der Waals surface area (Å²) >= 11 is 1.54. The fourth-order valence-corrected chi connectivity index (χ4v) is 3.64. The second-order valence-corrected chi connectivity index (χ2v) is 6.52. The Labute approximate surface area is 113 Å². The molecule has 1 aromatic heterocycles. The molecular formula is C14H22N2OS. The van der Waals surface area contributed by atoms with Gasteiger partial charge in [-0.05, 0) is 30.7 Å². The van der Waals surface area contributed by atoms with E-state index in [0.717, 1.165) is 29.9 Å². The maximum atomic E-state index is 11.4. The predicted octanol–water partition coefficient (Wildman–Crippen LogP) is 3.41. The minimum atomic E-state index is 0.0702. The highest BCUT2D eigenvalue weighted by atomic mass is 32.1. The summed E-state index contributed by atoms with van der Waals surface area (Å²) in [7, 11) is 0. The van der Waals surface area contributed by atoms with Crippen LogP contribution in [0, 0.1) is 11.8 Å². The Kier molecular flexibility index (Phi) is 3.95. The van der Waals surface area contributed by atoms with Crippen molar-refractivity contribution in [1.29, 1.82) is 0 Å². The van der Waals surface area contributed by atoms with E-state index in [0.29, 0.717) is 10.6 Å². The van der Waals surface area contributed by atoms with Crippen LogP contribution in [-0.2, 0) is 0 Å². The number of nitrogen functional groups attached to an aromatic ring is 1. The number of hydrogen-bond acceptors (Lipinski definition) is 4. The number of carbonyl (C=O) groups is 1. The Morgan fingerprint density at radius 2 is 2.06 bits per heavy atom. The van der Waals surface area contributed by atoms with Crippen LogP contribution in [0.5, 0.6) is 0 Å². The van der Waals surface area contributed by atoms with E-state index in [9.17, 15) is 4.79 Å². The van der Waals surface area contributed by atoms with Crippen LogP contribution in [0.25, 0.3) is 0 Å². The molecule has 18 heavy (non-hydrogen) atoms. The van der Waals surface area contributed by atoms with Crippen LogP contribution < -0.4 is 10.6 Å². The zero-order chi connectivity index (χ0) is 13.3. The highest BCUT2D eigenvalue weighted by Gasteiger charge is 2.23. The van der Waals surface area contributed by atoms with E-state index in [4.69, 9.17) is 5.73 Å². The Hall–Kier alpha value is -1.03. The molecule has 4 heteroatoms. The first kappa shape index (κ1) is 13.4. The molecule has 1 fully saturated rings. The van der Waals surface area contributed by atoms with Crippen LogP contribution in [0.3, 0.4) is 0 Å². The van der Waals surface area contributed by atoms with Crippen molar-refractivity contribution in [3.63, 3.8) is 0 Å². The van der Waals surface area contributed by atoms with Gasteiger partial charge in [-0.2, -0.15) is 0 Å². The molecule has 2 heterocycles. The second kappa shape index (κ2) is 5.31. The summed E-state index contributed by atoms with van der Waals surface area (Å²) < 4.78 is 0. The molecule has 0 unspecified atom stereocenters. The van der Waals surface area contributed by atoms with Gasteiger partial charge in [-0.15, -0.1) is 11.3 Å². The third-order valence-electron chi connectivity index (χ3n) is 3.86. The van der Waals surface area contributed by atoms with Crippen LogP contribution in [0.4, 0.5) is 10.7 Å². The van der Waals surface area contributed by atoms with Crippen LogP contribution in [0.15, 0.2) is 6.07 Å². The summed E-state index contributed by atoms with van der Waals surface area (Å²) in [4.78, 5) is 14.5. The third kappa shape index (κ3) is 2.69. The second-order valence-electron chi connectivity index (χ2n) is 5.49. The molecule has 1 aliphatic heterocycles. The summed E-state index contributed by atoms with van der Waals surface area (Å²) in [5.74, 6) is 1.68. The van der Waals surface area contributed by atoms with Gasteiger partial charge in [0.15, 0.2) is 5.78 Å². The normalized spacial score (nSPS) is 17.4. The molecule has 3 nitrogen and oxygen atoms in total. The number of Topliss-reactive ketones (excluding diaryl/α,β-unsaturated/α-hetero) is 1. The van der Waals surface area contributed by atoms with Crippen molar-refractivity contribution < 1.29 is 4.79 Å². The lowest BCUT2D eigenvalue weighted by Gasteiger charge is -2.34. The predicted molar refractivity (Wildman–Crippen MR) is 78.5 cm³/mol. The van der Waals surface area contributed by atoms with E-state index in [1.54, 1.807) is 6.92 Å². The number of nitrogens with zero attached hydrogens (tertiary/aromatic N) is 1. The van der Waals surface area contributed by atoms with Gasteiger partial charge in [-0.3, -0.25) is 4.79 Å². The van der Waals surface area contributed by atoms with Crippen LogP contribution >= 0.6 is 11.3 Å². The molecule has 0 spiro atoms. The van der Waals surface area contributed by atoms with Crippen molar-refractivity contribution in [1.82, 2.24) is 0 Å². The summed E-state index contributed by atoms with van der Waals surface area (Å²) in [6.45, 7) is 8.35. The van der Waals surface area contributed by atoms with Crippen LogP contribution in [-0.4, -0.2) is 18.9 Å². The number of piperidine rings is 1. The van der Waals surface area contributed by atoms with Crippen LogP contribution in [0.1, 0.15) is 43.3 Å². The van der Waals surface area contributed by atoms with E-state index in [1.165, 1.54) is 24.2 Å². The lowest BCUT2D eigenvalue weighted by Crippen LogP contribution is -2.34. The number of rotatable bonds is 3. The number of hydrogen-bond donors (Lipinski definition) is 1. The van der Waals surface area contributed by atoms with Gasteiger partial charge in [0.2, 0.25) is 0 Å². The zero-order valence-corrected chi connectivity index (χ0v) is 12.2. The monoisotopic (exact) mass is 266 g/mol. The van der Waals surface area contributed by atoms with Crippen molar-refractivity contribution in [2.24, 2.45) is 11.8 Å². The standard InChI is InChI=1S/C14H22N2OS/c1-9(2)11-4-6-16(7-5-11)13-8-12(15)14(18-13)10(3)17/h8-9,11H,4-7,15H2,1-3H3. The third-order valence-corrected chi connectivity index (χ3v) is 5.17. The van der Waals surface area contributed by atoms with Gasteiger partial charge in [-0.25, -0.2) is 0 Å². The van der Waals surface area contributed by atoms with Gasteiger partial charge in [0.1, 0.15) is 0 Å². The average molecular weight is 266 g/mol. The quantitative estimate of drug-likeness (QED) is 0.853. The molecule has 0 aliphatic carbocycles. The van der Waals surface area contributed by atoms with Gasteiger partial charge in [0.25, 0.3) is 0 Å².